The lowest BCUT2D eigenvalue weighted by molar-refractivity contribution is 0.661. The van der Waals surface area contributed by atoms with Crippen molar-refractivity contribution in [3.8, 4) is 39.1 Å². The van der Waals surface area contributed by atoms with Crippen LogP contribution in [-0.4, -0.2) is 4.57 Å². The van der Waals surface area contributed by atoms with E-state index in [0.717, 1.165) is 22.7 Å². The lowest BCUT2D eigenvalue weighted by Gasteiger charge is -2.26. The van der Waals surface area contributed by atoms with E-state index in [1.54, 1.807) is 0 Å². The first-order chi connectivity index (χ1) is 28.0. The van der Waals surface area contributed by atoms with Crippen molar-refractivity contribution in [1.82, 2.24) is 4.57 Å². The molecule has 0 saturated heterocycles. The Morgan fingerprint density at radius 1 is 0.368 bits per heavy atom. The van der Waals surface area contributed by atoms with Gasteiger partial charge in [-0.15, -0.1) is 0 Å². The van der Waals surface area contributed by atoms with Gasteiger partial charge in [-0.05, 0) is 128 Å². The second kappa shape index (κ2) is 13.0. The molecule has 57 heavy (non-hydrogen) atoms. The van der Waals surface area contributed by atoms with E-state index in [4.69, 9.17) is 0 Å². The summed E-state index contributed by atoms with van der Waals surface area (Å²) in [4.78, 5) is 2.33. The number of rotatable bonds is 6. The average molecular weight is 729 g/mol. The molecular formula is C55H40N2. The van der Waals surface area contributed by atoms with E-state index in [0.29, 0.717) is 0 Å². The van der Waals surface area contributed by atoms with Crippen LogP contribution in [0.1, 0.15) is 25.0 Å². The molecule has 0 bridgehead atoms. The molecule has 0 N–H and O–H groups in total. The first-order valence-electron chi connectivity index (χ1n) is 19.8. The van der Waals surface area contributed by atoms with Crippen molar-refractivity contribution in [3.63, 3.8) is 0 Å². The van der Waals surface area contributed by atoms with Crippen LogP contribution < -0.4 is 4.90 Å². The zero-order chi connectivity index (χ0) is 38.1. The highest BCUT2D eigenvalue weighted by atomic mass is 15.1. The molecule has 0 spiro atoms. The molecule has 1 heterocycles. The quantitative estimate of drug-likeness (QED) is 0.165. The molecule has 11 rings (SSSR count). The summed E-state index contributed by atoms with van der Waals surface area (Å²) in [5.41, 5.74) is 17.2. The second-order valence-electron chi connectivity index (χ2n) is 15.8. The molecule has 9 aromatic carbocycles. The summed E-state index contributed by atoms with van der Waals surface area (Å²) in [6, 6.07) is 75.5. The lowest BCUT2D eigenvalue weighted by Crippen LogP contribution is -2.14. The van der Waals surface area contributed by atoms with Crippen LogP contribution in [0.2, 0.25) is 0 Å². The highest BCUT2D eigenvalue weighted by Crippen LogP contribution is 2.51. The fourth-order valence-corrected chi connectivity index (χ4v) is 9.26. The molecule has 0 fully saturated rings. The third-order valence-corrected chi connectivity index (χ3v) is 12.2. The summed E-state index contributed by atoms with van der Waals surface area (Å²) < 4.78 is 2.45. The zero-order valence-corrected chi connectivity index (χ0v) is 32.0. The molecule has 0 atom stereocenters. The van der Waals surface area contributed by atoms with Crippen LogP contribution >= 0.6 is 0 Å². The fourth-order valence-electron chi connectivity index (χ4n) is 9.26. The van der Waals surface area contributed by atoms with Crippen LogP contribution in [0.5, 0.6) is 0 Å². The molecule has 0 saturated carbocycles. The van der Waals surface area contributed by atoms with Crippen molar-refractivity contribution >= 4 is 49.6 Å². The molecule has 1 aliphatic rings. The third-order valence-electron chi connectivity index (χ3n) is 12.2. The first kappa shape index (κ1) is 33.2. The molecule has 0 radical (unpaired) electrons. The number of fused-ring (bicyclic) bond motifs is 7. The molecule has 2 heteroatoms. The Balaban J connectivity index is 0.966. The smallest absolute Gasteiger partial charge is 0.0547 e. The van der Waals surface area contributed by atoms with Gasteiger partial charge in [0.1, 0.15) is 0 Å². The average Bonchev–Trinajstić information content (AvgIpc) is 3.71. The van der Waals surface area contributed by atoms with Crippen LogP contribution in [0.15, 0.2) is 206 Å². The van der Waals surface area contributed by atoms with E-state index < -0.39 is 0 Å². The van der Waals surface area contributed by atoms with Gasteiger partial charge in [0, 0.05) is 38.9 Å². The Morgan fingerprint density at radius 2 is 0.982 bits per heavy atom. The summed E-state index contributed by atoms with van der Waals surface area (Å²) in [5, 5.41) is 5.09. The fraction of sp³-hybridized carbons (Fsp3) is 0.0545. The van der Waals surface area contributed by atoms with Gasteiger partial charge in [0.15, 0.2) is 0 Å². The predicted molar refractivity (Wildman–Crippen MR) is 241 cm³/mol. The van der Waals surface area contributed by atoms with Crippen LogP contribution in [0.3, 0.4) is 0 Å². The number of nitrogens with zero attached hydrogens (tertiary/aromatic N) is 2. The summed E-state index contributed by atoms with van der Waals surface area (Å²) in [6.07, 6.45) is 0. The predicted octanol–water partition coefficient (Wildman–Crippen LogP) is 15.0. The molecule has 270 valence electrons. The minimum absolute atomic E-state index is 0.0488. The second-order valence-corrected chi connectivity index (χ2v) is 15.8. The Kier molecular flexibility index (Phi) is 7.55. The molecular weight excluding hydrogens is 689 g/mol. The Labute approximate surface area is 333 Å². The van der Waals surface area contributed by atoms with E-state index in [-0.39, 0.29) is 5.41 Å². The maximum absolute atomic E-state index is 2.46. The molecule has 10 aromatic rings. The van der Waals surface area contributed by atoms with Crippen LogP contribution in [0.4, 0.5) is 17.1 Å². The number of aromatic nitrogens is 1. The standard InChI is InChI=1S/C55H40N2/c1-55(2)51-21-10-8-19-47(51)49-36-54-50(35-52(49)55)48-20-9-11-22-53(48)57(54)46-18-12-15-41(34-46)38-25-29-44(30-26-38)56(43-16-4-3-5-17-43)45-31-27-39(28-32-45)42-24-23-37-13-6-7-14-40(37)33-42/h3-36H,1-2H3. The summed E-state index contributed by atoms with van der Waals surface area (Å²) >= 11 is 0. The Bertz CT molecular complexity index is 3130. The van der Waals surface area contributed by atoms with Gasteiger partial charge < -0.3 is 9.47 Å². The van der Waals surface area contributed by atoms with Gasteiger partial charge in [0.25, 0.3) is 0 Å². The molecule has 2 nitrogen and oxygen atoms in total. The van der Waals surface area contributed by atoms with Crippen LogP contribution in [-0.2, 0) is 5.41 Å². The van der Waals surface area contributed by atoms with Gasteiger partial charge in [-0.25, -0.2) is 0 Å². The number of benzene rings is 9. The van der Waals surface area contributed by atoms with Gasteiger partial charge in [0.2, 0.25) is 0 Å². The van der Waals surface area contributed by atoms with E-state index in [2.05, 4.69) is 230 Å². The summed E-state index contributed by atoms with van der Waals surface area (Å²) in [7, 11) is 0. The van der Waals surface area contributed by atoms with Gasteiger partial charge in [-0.1, -0.05) is 147 Å². The van der Waals surface area contributed by atoms with Crippen molar-refractivity contribution in [2.24, 2.45) is 0 Å². The van der Waals surface area contributed by atoms with Crippen molar-refractivity contribution < 1.29 is 0 Å². The minimum Gasteiger partial charge on any atom is -0.311 e. The molecule has 1 aliphatic carbocycles. The molecule has 1 aromatic heterocycles. The maximum atomic E-state index is 2.46. The molecule has 0 aliphatic heterocycles. The monoisotopic (exact) mass is 728 g/mol. The van der Waals surface area contributed by atoms with Gasteiger partial charge in [-0.3, -0.25) is 0 Å². The number of hydrogen-bond donors (Lipinski definition) is 0. The summed E-state index contributed by atoms with van der Waals surface area (Å²) in [5.74, 6) is 0. The zero-order valence-electron chi connectivity index (χ0n) is 32.0. The van der Waals surface area contributed by atoms with Crippen molar-refractivity contribution in [1.29, 1.82) is 0 Å². The maximum Gasteiger partial charge on any atom is 0.0547 e. The molecule has 0 unspecified atom stereocenters. The Morgan fingerprint density at radius 3 is 1.75 bits per heavy atom. The van der Waals surface area contributed by atoms with E-state index in [1.165, 1.54) is 77.1 Å². The topological polar surface area (TPSA) is 8.17 Å². The lowest BCUT2D eigenvalue weighted by atomic mass is 9.82. The van der Waals surface area contributed by atoms with Crippen molar-refractivity contribution in [2.75, 3.05) is 4.90 Å². The van der Waals surface area contributed by atoms with Crippen LogP contribution in [0.25, 0.3) is 71.6 Å². The van der Waals surface area contributed by atoms with Gasteiger partial charge in [0.05, 0.1) is 11.0 Å². The highest BCUT2D eigenvalue weighted by molar-refractivity contribution is 6.11. The van der Waals surface area contributed by atoms with Crippen LogP contribution in [0, 0.1) is 0 Å². The number of hydrogen-bond acceptors (Lipinski definition) is 1. The molecule has 0 amide bonds. The van der Waals surface area contributed by atoms with Crippen molar-refractivity contribution in [2.45, 2.75) is 19.3 Å². The third kappa shape index (κ3) is 5.40. The Hall–Kier alpha value is -7.16. The first-order valence-corrected chi connectivity index (χ1v) is 19.8. The van der Waals surface area contributed by atoms with E-state index >= 15 is 0 Å². The van der Waals surface area contributed by atoms with Crippen molar-refractivity contribution in [3.05, 3.63) is 217 Å². The number of anilines is 3. The summed E-state index contributed by atoms with van der Waals surface area (Å²) in [6.45, 7) is 4.72. The highest BCUT2D eigenvalue weighted by Gasteiger charge is 2.36. The normalized spacial score (nSPS) is 12.9. The largest absolute Gasteiger partial charge is 0.311 e. The van der Waals surface area contributed by atoms with E-state index in [9.17, 15) is 0 Å². The SMILES string of the molecule is CC1(C)c2ccccc2-c2cc3c(cc21)c1ccccc1n3-c1cccc(-c2ccc(N(c3ccccc3)c3ccc(-c4ccc5ccccc5c4)cc3)cc2)c1. The number of para-hydroxylation sites is 2. The van der Waals surface area contributed by atoms with Gasteiger partial charge >= 0.3 is 0 Å². The minimum atomic E-state index is -0.0488. The van der Waals surface area contributed by atoms with E-state index in [1.807, 2.05) is 0 Å². The van der Waals surface area contributed by atoms with Gasteiger partial charge in [-0.2, -0.15) is 0 Å².